The number of carbonyl (C=O) groups is 1. The molecule has 1 aliphatic heterocycles. The standard InChI is InChI=1S/C14H17N5O/c20-14(16-6-5-13-17-9-18-19-13)12-8-15-7-10-3-1-2-4-11(10)12/h1-4,9,12,15H,5-8H2,(H,16,20)(H,17,18,19). The minimum absolute atomic E-state index is 0.0594. The summed E-state index contributed by atoms with van der Waals surface area (Å²) in [5, 5.41) is 12.8. The van der Waals surface area contributed by atoms with Crippen LogP contribution in [0.15, 0.2) is 30.6 Å². The molecule has 3 N–H and O–H groups in total. The van der Waals surface area contributed by atoms with Gasteiger partial charge in [0.1, 0.15) is 12.2 Å². The van der Waals surface area contributed by atoms with E-state index in [-0.39, 0.29) is 11.8 Å². The van der Waals surface area contributed by atoms with Crippen molar-refractivity contribution in [3.05, 3.63) is 47.5 Å². The lowest BCUT2D eigenvalue weighted by atomic mass is 9.90. The third-order valence-corrected chi connectivity index (χ3v) is 3.54. The fourth-order valence-electron chi connectivity index (χ4n) is 2.51. The molecule has 1 aromatic carbocycles. The van der Waals surface area contributed by atoms with Gasteiger partial charge < -0.3 is 10.6 Å². The van der Waals surface area contributed by atoms with Crippen LogP contribution in [0.4, 0.5) is 0 Å². The molecule has 1 aliphatic rings. The normalized spacial score (nSPS) is 17.5. The minimum Gasteiger partial charge on any atom is -0.355 e. The average Bonchev–Trinajstić information content (AvgIpc) is 3.00. The van der Waals surface area contributed by atoms with Crippen LogP contribution in [0, 0.1) is 0 Å². The Hall–Kier alpha value is -2.21. The highest BCUT2D eigenvalue weighted by atomic mass is 16.1. The monoisotopic (exact) mass is 271 g/mol. The van der Waals surface area contributed by atoms with Gasteiger partial charge in [0, 0.05) is 26.1 Å². The van der Waals surface area contributed by atoms with Crippen LogP contribution in [0.1, 0.15) is 22.9 Å². The summed E-state index contributed by atoms with van der Waals surface area (Å²) in [6, 6.07) is 8.09. The number of amides is 1. The Balaban J connectivity index is 1.60. The number of hydrogen-bond donors (Lipinski definition) is 3. The lowest BCUT2D eigenvalue weighted by Gasteiger charge is -2.25. The molecule has 1 aromatic heterocycles. The van der Waals surface area contributed by atoms with Gasteiger partial charge in [-0.25, -0.2) is 4.98 Å². The van der Waals surface area contributed by atoms with E-state index >= 15 is 0 Å². The van der Waals surface area contributed by atoms with Gasteiger partial charge in [-0.15, -0.1) is 0 Å². The number of hydrogen-bond acceptors (Lipinski definition) is 4. The Labute approximate surface area is 117 Å². The van der Waals surface area contributed by atoms with Crippen molar-refractivity contribution in [2.24, 2.45) is 0 Å². The maximum atomic E-state index is 12.3. The molecule has 0 fully saturated rings. The predicted molar refractivity (Wildman–Crippen MR) is 74.0 cm³/mol. The van der Waals surface area contributed by atoms with Crippen LogP contribution < -0.4 is 10.6 Å². The van der Waals surface area contributed by atoms with Gasteiger partial charge in [0.2, 0.25) is 5.91 Å². The molecule has 0 spiro atoms. The lowest BCUT2D eigenvalue weighted by molar-refractivity contribution is -0.122. The number of rotatable bonds is 4. The zero-order chi connectivity index (χ0) is 13.8. The van der Waals surface area contributed by atoms with Crippen molar-refractivity contribution in [2.75, 3.05) is 13.1 Å². The predicted octanol–water partition coefficient (Wildman–Crippen LogP) is 0.350. The van der Waals surface area contributed by atoms with Gasteiger partial charge in [-0.05, 0) is 11.1 Å². The number of fused-ring (bicyclic) bond motifs is 1. The molecule has 1 atom stereocenters. The van der Waals surface area contributed by atoms with Gasteiger partial charge in [0.25, 0.3) is 0 Å². The van der Waals surface area contributed by atoms with Crippen LogP contribution in [-0.2, 0) is 17.8 Å². The number of nitrogens with one attached hydrogen (secondary N) is 3. The Morgan fingerprint density at radius 3 is 3.15 bits per heavy atom. The smallest absolute Gasteiger partial charge is 0.228 e. The number of carbonyl (C=O) groups excluding carboxylic acids is 1. The molecule has 1 amide bonds. The summed E-state index contributed by atoms with van der Waals surface area (Å²) in [5.41, 5.74) is 2.33. The van der Waals surface area contributed by atoms with Crippen molar-refractivity contribution >= 4 is 5.91 Å². The number of benzene rings is 1. The first-order valence-electron chi connectivity index (χ1n) is 6.75. The van der Waals surface area contributed by atoms with E-state index in [2.05, 4.69) is 31.9 Å². The van der Waals surface area contributed by atoms with Crippen molar-refractivity contribution in [2.45, 2.75) is 18.9 Å². The van der Waals surface area contributed by atoms with E-state index in [1.807, 2.05) is 18.2 Å². The molecule has 0 aliphatic carbocycles. The van der Waals surface area contributed by atoms with E-state index in [0.717, 1.165) is 17.9 Å². The summed E-state index contributed by atoms with van der Waals surface area (Å²) >= 11 is 0. The highest BCUT2D eigenvalue weighted by Gasteiger charge is 2.25. The van der Waals surface area contributed by atoms with E-state index in [1.165, 1.54) is 11.9 Å². The van der Waals surface area contributed by atoms with Gasteiger partial charge in [-0.2, -0.15) is 5.10 Å². The van der Waals surface area contributed by atoms with Crippen molar-refractivity contribution in [3.63, 3.8) is 0 Å². The van der Waals surface area contributed by atoms with Crippen LogP contribution in [-0.4, -0.2) is 34.2 Å². The van der Waals surface area contributed by atoms with Crippen LogP contribution >= 0.6 is 0 Å². The van der Waals surface area contributed by atoms with Gasteiger partial charge in [0.05, 0.1) is 5.92 Å². The lowest BCUT2D eigenvalue weighted by Crippen LogP contribution is -2.39. The summed E-state index contributed by atoms with van der Waals surface area (Å²) < 4.78 is 0. The fraction of sp³-hybridized carbons (Fsp3) is 0.357. The third kappa shape index (κ3) is 2.70. The molecule has 20 heavy (non-hydrogen) atoms. The summed E-state index contributed by atoms with van der Waals surface area (Å²) in [6.07, 6.45) is 2.13. The molecule has 2 heterocycles. The maximum Gasteiger partial charge on any atom is 0.228 e. The largest absolute Gasteiger partial charge is 0.355 e. The molecule has 0 radical (unpaired) electrons. The molecule has 1 unspecified atom stereocenters. The van der Waals surface area contributed by atoms with E-state index in [1.54, 1.807) is 0 Å². The molecule has 104 valence electrons. The molecule has 6 heteroatoms. The Morgan fingerprint density at radius 2 is 2.30 bits per heavy atom. The highest BCUT2D eigenvalue weighted by Crippen LogP contribution is 2.23. The first-order valence-corrected chi connectivity index (χ1v) is 6.75. The number of nitrogens with zero attached hydrogens (tertiary/aromatic N) is 2. The minimum atomic E-state index is -0.116. The molecular formula is C14H17N5O. The van der Waals surface area contributed by atoms with Gasteiger partial charge in [-0.3, -0.25) is 9.89 Å². The summed E-state index contributed by atoms with van der Waals surface area (Å²) in [5.74, 6) is 0.728. The highest BCUT2D eigenvalue weighted by molar-refractivity contribution is 5.84. The first-order chi connectivity index (χ1) is 9.84. The zero-order valence-corrected chi connectivity index (χ0v) is 11.1. The molecule has 2 aromatic rings. The van der Waals surface area contributed by atoms with Crippen LogP contribution in [0.3, 0.4) is 0 Å². The van der Waals surface area contributed by atoms with Crippen LogP contribution in [0.2, 0.25) is 0 Å². The number of aromatic amines is 1. The maximum absolute atomic E-state index is 12.3. The van der Waals surface area contributed by atoms with Crippen molar-refractivity contribution in [1.82, 2.24) is 25.8 Å². The van der Waals surface area contributed by atoms with E-state index in [9.17, 15) is 4.79 Å². The number of H-pyrrole nitrogens is 1. The van der Waals surface area contributed by atoms with Crippen molar-refractivity contribution < 1.29 is 4.79 Å². The third-order valence-electron chi connectivity index (χ3n) is 3.54. The van der Waals surface area contributed by atoms with Gasteiger partial charge >= 0.3 is 0 Å². The SMILES string of the molecule is O=C(NCCc1ncn[nH]1)C1CNCc2ccccc21. The van der Waals surface area contributed by atoms with Gasteiger partial charge in [-0.1, -0.05) is 24.3 Å². The van der Waals surface area contributed by atoms with Crippen molar-refractivity contribution in [1.29, 1.82) is 0 Å². The van der Waals surface area contributed by atoms with E-state index < -0.39 is 0 Å². The molecular weight excluding hydrogens is 254 g/mol. The first kappa shape index (κ1) is 12.8. The average molecular weight is 271 g/mol. The molecule has 0 saturated carbocycles. The van der Waals surface area contributed by atoms with Crippen molar-refractivity contribution in [3.8, 4) is 0 Å². The quantitative estimate of drug-likeness (QED) is 0.749. The summed E-state index contributed by atoms with van der Waals surface area (Å²) in [4.78, 5) is 16.3. The fourth-order valence-corrected chi connectivity index (χ4v) is 2.51. The Kier molecular flexibility index (Phi) is 3.73. The second-order valence-corrected chi connectivity index (χ2v) is 4.86. The molecule has 6 nitrogen and oxygen atoms in total. The molecule has 3 rings (SSSR count). The zero-order valence-electron chi connectivity index (χ0n) is 11.1. The van der Waals surface area contributed by atoms with E-state index in [0.29, 0.717) is 19.5 Å². The Bertz CT molecular complexity index is 581. The molecule has 0 bridgehead atoms. The second kappa shape index (κ2) is 5.83. The summed E-state index contributed by atoms with van der Waals surface area (Å²) in [7, 11) is 0. The Morgan fingerprint density at radius 1 is 1.40 bits per heavy atom. The topological polar surface area (TPSA) is 82.7 Å². The molecule has 0 saturated heterocycles. The van der Waals surface area contributed by atoms with Crippen LogP contribution in [0.25, 0.3) is 0 Å². The van der Waals surface area contributed by atoms with Crippen LogP contribution in [0.5, 0.6) is 0 Å². The number of aromatic nitrogens is 3. The second-order valence-electron chi connectivity index (χ2n) is 4.86. The summed E-state index contributed by atoms with van der Waals surface area (Å²) in [6.45, 7) is 2.08. The van der Waals surface area contributed by atoms with E-state index in [4.69, 9.17) is 0 Å². The van der Waals surface area contributed by atoms with Gasteiger partial charge in [0.15, 0.2) is 0 Å².